The molecule has 5 nitrogen and oxygen atoms in total. The quantitative estimate of drug-likeness (QED) is 0.504. The maximum absolute atomic E-state index is 13.5. The van der Waals surface area contributed by atoms with Crippen molar-refractivity contribution in [2.24, 2.45) is 0 Å². The van der Waals surface area contributed by atoms with E-state index in [2.05, 4.69) is 14.7 Å². The number of carbonyl (C=O) groups excluding carboxylic acids is 1. The molecule has 1 heterocycles. The second kappa shape index (κ2) is 5.26. The molecular weight excluding hydrogens is 257 g/mol. The van der Waals surface area contributed by atoms with Crippen molar-refractivity contribution in [2.45, 2.75) is 17.6 Å². The van der Waals surface area contributed by atoms with Gasteiger partial charge in [0, 0.05) is 5.69 Å². The molecular formula is C11H12FN3O2S. The van der Waals surface area contributed by atoms with Gasteiger partial charge in [-0.1, -0.05) is 0 Å². The lowest BCUT2D eigenvalue weighted by Crippen LogP contribution is -2.15. The minimum Gasteiger partial charge on any atom is -0.463 e. The number of benzene rings is 1. The second-order valence-corrected chi connectivity index (χ2v) is 4.54. The van der Waals surface area contributed by atoms with E-state index in [1.807, 2.05) is 0 Å². The maximum atomic E-state index is 13.5. The number of nitrogens with zero attached hydrogens (tertiary/aromatic N) is 1. The van der Waals surface area contributed by atoms with Gasteiger partial charge in [0.25, 0.3) is 0 Å². The van der Waals surface area contributed by atoms with Crippen LogP contribution in [0, 0.1) is 0 Å². The number of anilines is 1. The molecule has 0 aliphatic carbocycles. The zero-order valence-electron chi connectivity index (χ0n) is 9.64. The number of aromatic amines is 1. The van der Waals surface area contributed by atoms with Gasteiger partial charge in [-0.3, -0.25) is 0 Å². The summed E-state index contributed by atoms with van der Waals surface area (Å²) in [7, 11) is 0. The largest absolute Gasteiger partial charge is 0.463 e. The van der Waals surface area contributed by atoms with Crippen LogP contribution in [0.2, 0.25) is 0 Å². The molecule has 3 N–H and O–H groups in total. The summed E-state index contributed by atoms with van der Waals surface area (Å²) in [6.45, 7) is 1.77. The van der Waals surface area contributed by atoms with Gasteiger partial charge in [-0.15, -0.1) is 0 Å². The van der Waals surface area contributed by atoms with Gasteiger partial charge in [-0.25, -0.2) is 14.2 Å². The molecule has 2 rings (SSSR count). The Balaban J connectivity index is 2.14. The Hall–Kier alpha value is -1.76. The molecule has 0 saturated carbocycles. The number of hydrogen-bond donors (Lipinski definition) is 2. The summed E-state index contributed by atoms with van der Waals surface area (Å²) in [6.07, 6.45) is 0. The topological polar surface area (TPSA) is 81.0 Å². The Morgan fingerprint density at radius 1 is 1.67 bits per heavy atom. The summed E-state index contributed by atoms with van der Waals surface area (Å²) in [5.41, 5.74) is 5.79. The molecule has 18 heavy (non-hydrogen) atoms. The fourth-order valence-corrected chi connectivity index (χ4v) is 2.09. The number of imidazole rings is 1. The van der Waals surface area contributed by atoms with E-state index in [0.717, 1.165) is 0 Å². The maximum Gasteiger partial charge on any atom is 0.351 e. The molecule has 1 unspecified atom stereocenters. The molecule has 0 spiro atoms. The lowest BCUT2D eigenvalue weighted by atomic mass is 10.3. The number of thioether (sulfide) groups is 1. The Morgan fingerprint density at radius 3 is 3.17 bits per heavy atom. The van der Waals surface area contributed by atoms with Gasteiger partial charge in [0.15, 0.2) is 5.16 Å². The Labute approximate surface area is 107 Å². The fourth-order valence-electron chi connectivity index (χ4n) is 1.41. The van der Waals surface area contributed by atoms with Gasteiger partial charge in [-0.05, 0) is 36.9 Å². The van der Waals surface area contributed by atoms with E-state index in [9.17, 15) is 9.18 Å². The van der Waals surface area contributed by atoms with E-state index in [-0.39, 0.29) is 6.61 Å². The number of hydrogen-bond acceptors (Lipinski definition) is 5. The molecule has 0 aliphatic rings. The first-order valence-corrected chi connectivity index (χ1v) is 6.20. The van der Waals surface area contributed by atoms with Crippen molar-refractivity contribution < 1.29 is 13.9 Å². The second-order valence-electron chi connectivity index (χ2n) is 3.50. The van der Waals surface area contributed by atoms with Gasteiger partial charge in [-0.2, -0.15) is 0 Å². The van der Waals surface area contributed by atoms with Crippen molar-refractivity contribution in [3.8, 4) is 0 Å². The summed E-state index contributed by atoms with van der Waals surface area (Å²) in [6, 6.07) is 5.13. The van der Waals surface area contributed by atoms with Crippen LogP contribution in [0.5, 0.6) is 0 Å². The number of ether oxygens (including phenoxy) is 1. The highest BCUT2D eigenvalue weighted by molar-refractivity contribution is 8.00. The normalized spacial score (nSPS) is 12.6. The highest BCUT2D eigenvalue weighted by atomic mass is 32.2. The number of aromatic nitrogens is 2. The molecule has 1 atom stereocenters. The van der Waals surface area contributed by atoms with Crippen molar-refractivity contribution >= 4 is 34.5 Å². The monoisotopic (exact) mass is 269 g/mol. The third-order valence-electron chi connectivity index (χ3n) is 2.17. The van der Waals surface area contributed by atoms with Crippen molar-refractivity contribution in [1.82, 2.24) is 9.97 Å². The SMILES string of the molecule is CCOC(=O)C(F)Sc1nc2ccc(N)cc2[nH]1. The first-order chi connectivity index (χ1) is 8.60. The first kappa shape index (κ1) is 12.7. The number of halogens is 1. The molecule has 0 saturated heterocycles. The summed E-state index contributed by atoms with van der Waals surface area (Å²) < 4.78 is 18.1. The molecule has 0 amide bonds. The highest BCUT2D eigenvalue weighted by Gasteiger charge is 2.21. The smallest absolute Gasteiger partial charge is 0.351 e. The van der Waals surface area contributed by atoms with E-state index in [1.165, 1.54) is 0 Å². The van der Waals surface area contributed by atoms with Gasteiger partial charge in [0.2, 0.25) is 5.50 Å². The van der Waals surface area contributed by atoms with E-state index >= 15 is 0 Å². The Bertz CT molecular complexity index is 572. The minimum atomic E-state index is -1.79. The fraction of sp³-hybridized carbons (Fsp3) is 0.273. The van der Waals surface area contributed by atoms with Crippen LogP contribution in [0.3, 0.4) is 0 Å². The predicted molar refractivity (Wildman–Crippen MR) is 67.9 cm³/mol. The molecule has 96 valence electrons. The first-order valence-electron chi connectivity index (χ1n) is 5.32. The molecule has 1 aromatic heterocycles. The van der Waals surface area contributed by atoms with Crippen LogP contribution >= 0.6 is 11.8 Å². The Kier molecular flexibility index (Phi) is 3.71. The van der Waals surface area contributed by atoms with Crippen LogP contribution in [-0.4, -0.2) is 28.0 Å². The van der Waals surface area contributed by atoms with E-state index in [4.69, 9.17) is 5.73 Å². The van der Waals surface area contributed by atoms with E-state index in [0.29, 0.717) is 33.6 Å². The number of esters is 1. The molecule has 0 aliphatic heterocycles. The lowest BCUT2D eigenvalue weighted by Gasteiger charge is -2.04. The molecule has 0 fully saturated rings. The van der Waals surface area contributed by atoms with Crippen molar-refractivity contribution in [2.75, 3.05) is 12.3 Å². The van der Waals surface area contributed by atoms with Gasteiger partial charge in [0.1, 0.15) is 0 Å². The molecule has 0 bridgehead atoms. The van der Waals surface area contributed by atoms with Crippen LogP contribution in [0.25, 0.3) is 11.0 Å². The predicted octanol–water partition coefficient (Wildman–Crippen LogP) is 2.10. The number of fused-ring (bicyclic) bond motifs is 1. The number of nitrogens with one attached hydrogen (secondary N) is 1. The number of H-pyrrole nitrogens is 1. The van der Waals surface area contributed by atoms with Crippen LogP contribution < -0.4 is 5.73 Å². The highest BCUT2D eigenvalue weighted by Crippen LogP contribution is 2.25. The lowest BCUT2D eigenvalue weighted by molar-refractivity contribution is -0.145. The van der Waals surface area contributed by atoms with E-state index < -0.39 is 11.5 Å². The molecule has 1 aromatic carbocycles. The van der Waals surface area contributed by atoms with Crippen molar-refractivity contribution in [3.05, 3.63) is 18.2 Å². The number of carbonyl (C=O) groups is 1. The standard InChI is InChI=1S/C11H12FN3O2S/c1-2-17-10(16)9(12)18-11-14-7-4-3-6(13)5-8(7)15-11/h3-5,9H,2,13H2,1H3,(H,14,15). The minimum absolute atomic E-state index is 0.149. The van der Waals surface area contributed by atoms with Crippen molar-refractivity contribution in [1.29, 1.82) is 0 Å². The average molecular weight is 269 g/mol. The zero-order chi connectivity index (χ0) is 13.1. The molecule has 0 radical (unpaired) electrons. The summed E-state index contributed by atoms with van der Waals surface area (Å²) in [5.74, 6) is -0.900. The third-order valence-corrected chi connectivity index (χ3v) is 2.99. The summed E-state index contributed by atoms with van der Waals surface area (Å²) >= 11 is 0.675. The number of rotatable bonds is 4. The third kappa shape index (κ3) is 2.73. The summed E-state index contributed by atoms with van der Waals surface area (Å²) in [4.78, 5) is 18.2. The number of alkyl halides is 1. The molecule has 7 heteroatoms. The molecule has 2 aromatic rings. The van der Waals surface area contributed by atoms with Crippen LogP contribution in [0.15, 0.2) is 23.4 Å². The Morgan fingerprint density at radius 2 is 2.44 bits per heavy atom. The average Bonchev–Trinajstić information content (AvgIpc) is 2.70. The zero-order valence-corrected chi connectivity index (χ0v) is 10.5. The number of nitrogens with two attached hydrogens (primary N) is 1. The van der Waals surface area contributed by atoms with Gasteiger partial charge in [0.05, 0.1) is 17.6 Å². The van der Waals surface area contributed by atoms with Crippen LogP contribution in [-0.2, 0) is 9.53 Å². The van der Waals surface area contributed by atoms with Gasteiger partial charge >= 0.3 is 5.97 Å². The van der Waals surface area contributed by atoms with Crippen LogP contribution in [0.1, 0.15) is 6.92 Å². The van der Waals surface area contributed by atoms with Crippen LogP contribution in [0.4, 0.5) is 10.1 Å². The number of nitrogen functional groups attached to an aromatic ring is 1. The van der Waals surface area contributed by atoms with Gasteiger partial charge < -0.3 is 15.5 Å². The van der Waals surface area contributed by atoms with Crippen molar-refractivity contribution in [3.63, 3.8) is 0 Å². The van der Waals surface area contributed by atoms with E-state index in [1.54, 1.807) is 25.1 Å². The summed E-state index contributed by atoms with van der Waals surface area (Å²) in [5, 5.41) is 0.316.